The van der Waals surface area contributed by atoms with Gasteiger partial charge >= 0.3 is 23.9 Å². The zero-order valence-electron chi connectivity index (χ0n) is 20.8. The van der Waals surface area contributed by atoms with E-state index in [1.807, 2.05) is 0 Å². The van der Waals surface area contributed by atoms with E-state index in [0.717, 1.165) is 58.4 Å². The van der Waals surface area contributed by atoms with Gasteiger partial charge in [0.15, 0.2) is 0 Å². The van der Waals surface area contributed by atoms with Gasteiger partial charge in [-0.15, -0.1) is 0 Å². The maximum atomic E-state index is 13.6. The van der Waals surface area contributed by atoms with E-state index in [1.54, 1.807) is 0 Å². The number of ether oxygens (including phenoxy) is 4. The number of methoxy groups -OCH3 is 4. The van der Waals surface area contributed by atoms with E-state index in [4.69, 9.17) is 9.47 Å². The quantitative estimate of drug-likeness (QED) is 0.107. The number of nitrogens with zero attached hydrogens (tertiary/aromatic N) is 2. The van der Waals surface area contributed by atoms with Crippen LogP contribution in [0.5, 0.6) is 0 Å². The minimum Gasteiger partial charge on any atom is -0.466 e. The number of rotatable bonds is 10. The molecular formula is C24H22N2O11S. The Hall–Kier alpha value is -4.72. The summed E-state index contributed by atoms with van der Waals surface area (Å²) in [6, 6.07) is 4.61. The van der Waals surface area contributed by atoms with Crippen molar-refractivity contribution in [2.75, 3.05) is 28.4 Å². The molecule has 0 atom stereocenters. The first-order valence-electron chi connectivity index (χ1n) is 10.4. The number of benzene rings is 1. The van der Waals surface area contributed by atoms with Gasteiger partial charge in [0.25, 0.3) is 5.69 Å². The molecule has 0 N–H and O–H groups in total. The first-order chi connectivity index (χ1) is 18.0. The third-order valence-corrected chi connectivity index (χ3v) is 5.93. The Morgan fingerprint density at radius 1 is 0.921 bits per heavy atom. The van der Waals surface area contributed by atoms with Crippen LogP contribution < -0.4 is 0 Å². The Morgan fingerprint density at radius 3 is 2.03 bits per heavy atom. The van der Waals surface area contributed by atoms with Crippen molar-refractivity contribution < 1.29 is 47.8 Å². The molecule has 200 valence electrons. The Labute approximate surface area is 220 Å². The molecule has 0 bridgehead atoms. The van der Waals surface area contributed by atoms with Crippen LogP contribution in [-0.4, -0.2) is 67.6 Å². The second kappa shape index (κ2) is 13.0. The molecule has 0 aliphatic carbocycles. The van der Waals surface area contributed by atoms with E-state index >= 15 is 0 Å². The summed E-state index contributed by atoms with van der Waals surface area (Å²) in [6.45, 7) is 1.49. The number of esters is 4. The molecular weight excluding hydrogens is 524 g/mol. The van der Waals surface area contributed by atoms with Crippen LogP contribution in [0.1, 0.15) is 43.7 Å². The van der Waals surface area contributed by atoms with Gasteiger partial charge < -0.3 is 23.5 Å². The van der Waals surface area contributed by atoms with Crippen molar-refractivity contribution in [2.45, 2.75) is 6.92 Å². The second-order valence-corrected chi connectivity index (χ2v) is 8.06. The number of thioether (sulfide) groups is 1. The zero-order valence-corrected chi connectivity index (χ0v) is 21.7. The van der Waals surface area contributed by atoms with E-state index < -0.39 is 40.1 Å². The van der Waals surface area contributed by atoms with Crippen molar-refractivity contribution in [3.8, 4) is 0 Å². The number of ketones is 1. The number of hydrogen-bond acceptors (Lipinski definition) is 12. The number of hydrogen-bond donors (Lipinski definition) is 0. The van der Waals surface area contributed by atoms with Gasteiger partial charge in [-0.05, 0) is 24.5 Å². The van der Waals surface area contributed by atoms with Gasteiger partial charge in [0.05, 0.1) is 38.9 Å². The predicted molar refractivity (Wildman–Crippen MR) is 133 cm³/mol. The molecule has 2 rings (SSSR count). The summed E-state index contributed by atoms with van der Waals surface area (Å²) in [5.74, 6) is -4.39. The van der Waals surface area contributed by atoms with Crippen molar-refractivity contribution in [3.05, 3.63) is 79.4 Å². The zero-order chi connectivity index (χ0) is 28.6. The lowest BCUT2D eigenvalue weighted by atomic mass is 10.0. The standard InChI is InChI=1S/C24H22N2O11S/c1-13(12-38-17(23(30)36-4)10-18(27)34-2)25-11-16(22(29)35-3)19(24(31)37-5)20(25)21(28)14-6-8-15(9-7-14)26(32)33/h6-12H,1-5H3/b13-12+,17-10+. The highest BCUT2D eigenvalue weighted by Crippen LogP contribution is 2.29. The van der Waals surface area contributed by atoms with Crippen LogP contribution in [0.3, 0.4) is 0 Å². The van der Waals surface area contributed by atoms with Crippen molar-refractivity contribution in [2.24, 2.45) is 0 Å². The third-order valence-electron chi connectivity index (χ3n) is 4.93. The summed E-state index contributed by atoms with van der Waals surface area (Å²) in [6.07, 6.45) is 2.07. The SMILES string of the molecule is COC(=O)/C=C(/S/C=C(\C)n1cc(C(=O)OC)c(C(=O)OC)c1C(=O)c1ccc([N+](=O)[O-])cc1)C(=O)OC. The van der Waals surface area contributed by atoms with E-state index in [0.29, 0.717) is 0 Å². The topological polar surface area (TPSA) is 170 Å². The maximum Gasteiger partial charge on any atom is 0.344 e. The Balaban J connectivity index is 2.75. The lowest BCUT2D eigenvalue weighted by Gasteiger charge is -2.11. The van der Waals surface area contributed by atoms with Crippen molar-refractivity contribution in [1.29, 1.82) is 0 Å². The third kappa shape index (κ3) is 6.53. The molecule has 1 aromatic carbocycles. The van der Waals surface area contributed by atoms with Gasteiger partial charge in [0.1, 0.15) is 16.2 Å². The van der Waals surface area contributed by atoms with Gasteiger partial charge in [-0.2, -0.15) is 0 Å². The summed E-state index contributed by atoms with van der Waals surface area (Å²) >= 11 is 0.750. The van der Waals surface area contributed by atoms with Gasteiger partial charge in [-0.25, -0.2) is 19.2 Å². The Bertz CT molecular complexity index is 1350. The maximum absolute atomic E-state index is 13.6. The highest BCUT2D eigenvalue weighted by atomic mass is 32.2. The predicted octanol–water partition coefficient (Wildman–Crippen LogP) is 2.98. The summed E-state index contributed by atoms with van der Waals surface area (Å²) < 4.78 is 19.9. The Morgan fingerprint density at radius 2 is 1.53 bits per heavy atom. The number of nitro benzene ring substituents is 1. The lowest BCUT2D eigenvalue weighted by Crippen LogP contribution is -2.16. The van der Waals surface area contributed by atoms with Crippen LogP contribution in [0, 0.1) is 10.1 Å². The average Bonchev–Trinajstić information content (AvgIpc) is 3.33. The first kappa shape index (κ1) is 29.5. The number of allylic oxidation sites excluding steroid dienone is 1. The summed E-state index contributed by atoms with van der Waals surface area (Å²) in [7, 11) is 4.37. The molecule has 13 nitrogen and oxygen atoms in total. The molecule has 0 radical (unpaired) electrons. The van der Waals surface area contributed by atoms with E-state index in [-0.39, 0.29) is 33.1 Å². The van der Waals surface area contributed by atoms with Crippen LogP contribution in [0.25, 0.3) is 5.70 Å². The molecule has 0 saturated heterocycles. The van der Waals surface area contributed by atoms with Crippen molar-refractivity contribution in [1.82, 2.24) is 4.57 Å². The molecule has 2 aromatic rings. The van der Waals surface area contributed by atoms with E-state index in [2.05, 4.69) is 9.47 Å². The molecule has 0 aliphatic rings. The van der Waals surface area contributed by atoms with Crippen LogP contribution in [0.15, 0.2) is 46.9 Å². The fraction of sp³-hybridized carbons (Fsp3) is 0.208. The summed E-state index contributed by atoms with van der Waals surface area (Å²) in [4.78, 5) is 72.7. The van der Waals surface area contributed by atoms with Crippen molar-refractivity contribution in [3.63, 3.8) is 0 Å². The summed E-state index contributed by atoms with van der Waals surface area (Å²) in [5, 5.41) is 12.4. The van der Waals surface area contributed by atoms with E-state index in [1.165, 1.54) is 35.2 Å². The minimum absolute atomic E-state index is 0.0298. The number of aromatic nitrogens is 1. The molecule has 0 aliphatic heterocycles. The fourth-order valence-corrected chi connectivity index (χ4v) is 3.82. The first-order valence-corrected chi connectivity index (χ1v) is 11.3. The Kier molecular flexibility index (Phi) is 10.1. The highest BCUT2D eigenvalue weighted by molar-refractivity contribution is 8.06. The second-order valence-electron chi connectivity index (χ2n) is 7.15. The normalized spacial score (nSPS) is 11.4. The van der Waals surface area contributed by atoms with Gasteiger partial charge in [0, 0.05) is 35.7 Å². The van der Waals surface area contributed by atoms with Crippen molar-refractivity contribution >= 4 is 52.8 Å². The molecule has 38 heavy (non-hydrogen) atoms. The molecule has 0 spiro atoms. The summed E-state index contributed by atoms with van der Waals surface area (Å²) in [5.41, 5.74) is -1.07. The average molecular weight is 547 g/mol. The lowest BCUT2D eigenvalue weighted by molar-refractivity contribution is -0.384. The van der Waals surface area contributed by atoms with Gasteiger partial charge in [-0.1, -0.05) is 11.8 Å². The van der Waals surface area contributed by atoms with Gasteiger partial charge in [0.2, 0.25) is 5.78 Å². The van der Waals surface area contributed by atoms with Gasteiger partial charge in [-0.3, -0.25) is 14.9 Å². The largest absolute Gasteiger partial charge is 0.466 e. The molecule has 0 unspecified atom stereocenters. The molecule has 0 saturated carbocycles. The van der Waals surface area contributed by atoms with Crippen LogP contribution in [0.2, 0.25) is 0 Å². The minimum atomic E-state index is -1.02. The van der Waals surface area contributed by atoms with Crippen LogP contribution >= 0.6 is 11.8 Å². The molecule has 0 amide bonds. The molecule has 1 heterocycles. The number of carbonyl (C=O) groups excluding carboxylic acids is 5. The molecule has 14 heteroatoms. The molecule has 1 aromatic heterocycles. The number of non-ortho nitro benzene ring substituents is 1. The van der Waals surface area contributed by atoms with Crippen LogP contribution in [-0.2, 0) is 28.5 Å². The number of nitro groups is 1. The van der Waals surface area contributed by atoms with E-state index in [9.17, 15) is 34.1 Å². The highest BCUT2D eigenvalue weighted by Gasteiger charge is 2.32. The monoisotopic (exact) mass is 546 g/mol. The van der Waals surface area contributed by atoms with Crippen LogP contribution in [0.4, 0.5) is 5.69 Å². The fourth-order valence-electron chi connectivity index (χ4n) is 3.07. The smallest absolute Gasteiger partial charge is 0.344 e. The molecule has 0 fully saturated rings. The number of carbonyl (C=O) groups is 5.